The maximum Gasteiger partial charge on any atom is 0.348 e. The standard InChI is InChI=1S/C11H14N6O2/c12-8-5-1-2-19-10(5)9(8)14-6-3-7-15-16-11(18)17(7)4-13-6/h3-5,8-10,14H,1-2,12H2,(H,16,18). The molecule has 0 amide bonds. The third-order valence-corrected chi connectivity index (χ3v) is 4.07. The molecule has 2 aromatic heterocycles. The summed E-state index contributed by atoms with van der Waals surface area (Å²) in [6.07, 6.45) is 2.65. The fourth-order valence-corrected chi connectivity index (χ4v) is 2.99. The van der Waals surface area contributed by atoms with Crippen molar-refractivity contribution < 1.29 is 4.74 Å². The Morgan fingerprint density at radius 1 is 1.58 bits per heavy atom. The van der Waals surface area contributed by atoms with E-state index in [0.29, 0.717) is 17.4 Å². The fraction of sp³-hybridized carbons (Fsp3) is 0.545. The lowest BCUT2D eigenvalue weighted by Crippen LogP contribution is -2.65. The Morgan fingerprint density at radius 3 is 3.37 bits per heavy atom. The number of aromatic nitrogens is 4. The Labute approximate surface area is 108 Å². The van der Waals surface area contributed by atoms with Crippen molar-refractivity contribution in [2.75, 3.05) is 11.9 Å². The summed E-state index contributed by atoms with van der Waals surface area (Å²) in [5.74, 6) is 1.11. The summed E-state index contributed by atoms with van der Waals surface area (Å²) >= 11 is 0. The molecule has 0 radical (unpaired) electrons. The van der Waals surface area contributed by atoms with Gasteiger partial charge in [-0.3, -0.25) is 0 Å². The van der Waals surface area contributed by atoms with Crippen molar-refractivity contribution >= 4 is 11.5 Å². The fourth-order valence-electron chi connectivity index (χ4n) is 2.99. The molecule has 8 heteroatoms. The van der Waals surface area contributed by atoms with E-state index in [1.54, 1.807) is 6.07 Å². The van der Waals surface area contributed by atoms with Gasteiger partial charge in [0, 0.05) is 24.6 Å². The Kier molecular flexibility index (Phi) is 2.18. The Bertz CT molecular complexity index is 679. The molecule has 4 rings (SSSR count). The molecule has 4 N–H and O–H groups in total. The maximum atomic E-state index is 11.3. The van der Waals surface area contributed by atoms with Crippen molar-refractivity contribution in [2.45, 2.75) is 24.6 Å². The van der Waals surface area contributed by atoms with E-state index in [0.717, 1.165) is 13.0 Å². The molecule has 0 aromatic carbocycles. The number of H-pyrrole nitrogens is 1. The quantitative estimate of drug-likeness (QED) is 0.636. The van der Waals surface area contributed by atoms with Crippen LogP contribution in [-0.2, 0) is 4.74 Å². The number of hydrogen-bond acceptors (Lipinski definition) is 6. The summed E-state index contributed by atoms with van der Waals surface area (Å²) in [6, 6.07) is 1.88. The number of rotatable bonds is 2. The molecule has 0 bridgehead atoms. The van der Waals surface area contributed by atoms with Crippen molar-refractivity contribution in [1.29, 1.82) is 0 Å². The predicted octanol–water partition coefficient (Wildman–Crippen LogP) is -1.06. The van der Waals surface area contributed by atoms with Gasteiger partial charge in [0.15, 0.2) is 5.65 Å². The lowest BCUT2D eigenvalue weighted by Gasteiger charge is -2.45. The largest absolute Gasteiger partial charge is 0.376 e. The van der Waals surface area contributed by atoms with Gasteiger partial charge >= 0.3 is 5.69 Å². The first-order valence-corrected chi connectivity index (χ1v) is 6.30. The highest BCUT2D eigenvalue weighted by atomic mass is 16.5. The summed E-state index contributed by atoms with van der Waals surface area (Å²) in [6.45, 7) is 0.780. The van der Waals surface area contributed by atoms with E-state index in [4.69, 9.17) is 10.5 Å². The molecule has 2 fully saturated rings. The van der Waals surface area contributed by atoms with Gasteiger partial charge in [-0.2, -0.15) is 5.10 Å². The van der Waals surface area contributed by atoms with Crippen LogP contribution in [0.5, 0.6) is 0 Å². The zero-order chi connectivity index (χ0) is 13.0. The van der Waals surface area contributed by atoms with E-state index in [1.165, 1.54) is 10.7 Å². The average Bonchev–Trinajstić information content (AvgIpc) is 3.01. The van der Waals surface area contributed by atoms with E-state index in [2.05, 4.69) is 20.5 Å². The van der Waals surface area contributed by atoms with E-state index in [1.807, 2.05) is 0 Å². The molecule has 1 saturated carbocycles. The van der Waals surface area contributed by atoms with Crippen LogP contribution in [0.15, 0.2) is 17.2 Å². The second-order valence-electron chi connectivity index (χ2n) is 5.07. The second kappa shape index (κ2) is 3.78. The SMILES string of the molecule is NC1C2CCOC2C1Nc1cc2n[nH]c(=O)n2cn1. The minimum atomic E-state index is -0.298. The Balaban J connectivity index is 1.60. The molecule has 0 spiro atoms. The third kappa shape index (κ3) is 1.50. The minimum Gasteiger partial charge on any atom is -0.376 e. The van der Waals surface area contributed by atoms with Crippen molar-refractivity contribution in [3.63, 3.8) is 0 Å². The van der Waals surface area contributed by atoms with Crippen LogP contribution in [0.1, 0.15) is 6.42 Å². The first-order chi connectivity index (χ1) is 9.24. The van der Waals surface area contributed by atoms with E-state index >= 15 is 0 Å². The lowest BCUT2D eigenvalue weighted by atomic mass is 9.72. The highest BCUT2D eigenvalue weighted by Gasteiger charge is 2.52. The van der Waals surface area contributed by atoms with Crippen LogP contribution in [-0.4, -0.2) is 44.4 Å². The van der Waals surface area contributed by atoms with Gasteiger partial charge in [0.05, 0.1) is 12.1 Å². The van der Waals surface area contributed by atoms with Crippen molar-refractivity contribution in [1.82, 2.24) is 19.6 Å². The highest BCUT2D eigenvalue weighted by Crippen LogP contribution is 2.39. The van der Waals surface area contributed by atoms with Gasteiger partial charge in [-0.05, 0) is 6.42 Å². The van der Waals surface area contributed by atoms with E-state index in [9.17, 15) is 4.79 Å². The molecule has 19 heavy (non-hydrogen) atoms. The first-order valence-electron chi connectivity index (χ1n) is 6.30. The number of fused-ring (bicyclic) bond motifs is 2. The summed E-state index contributed by atoms with van der Waals surface area (Å²) in [5.41, 5.74) is 6.35. The number of nitrogens with zero attached hydrogens (tertiary/aromatic N) is 3. The topological polar surface area (TPSA) is 110 Å². The summed E-state index contributed by atoms with van der Waals surface area (Å²) in [4.78, 5) is 15.5. The van der Waals surface area contributed by atoms with Crippen LogP contribution in [0.25, 0.3) is 5.65 Å². The van der Waals surface area contributed by atoms with Crippen LogP contribution in [0.2, 0.25) is 0 Å². The van der Waals surface area contributed by atoms with E-state index in [-0.39, 0.29) is 23.9 Å². The molecular formula is C11H14N6O2. The molecule has 2 aromatic rings. The molecule has 100 valence electrons. The molecular weight excluding hydrogens is 248 g/mol. The molecule has 8 nitrogen and oxygen atoms in total. The maximum absolute atomic E-state index is 11.3. The number of hydrogen-bond donors (Lipinski definition) is 3. The molecule has 1 aliphatic heterocycles. The average molecular weight is 262 g/mol. The van der Waals surface area contributed by atoms with Gasteiger partial charge in [-0.25, -0.2) is 19.3 Å². The number of ether oxygens (including phenoxy) is 1. The van der Waals surface area contributed by atoms with Crippen molar-refractivity contribution in [3.8, 4) is 0 Å². The Morgan fingerprint density at radius 2 is 2.47 bits per heavy atom. The number of nitrogens with one attached hydrogen (secondary N) is 2. The molecule has 3 heterocycles. The molecule has 1 aliphatic carbocycles. The van der Waals surface area contributed by atoms with Crippen molar-refractivity contribution in [3.05, 3.63) is 22.9 Å². The molecule has 1 saturated heterocycles. The highest BCUT2D eigenvalue weighted by molar-refractivity contribution is 5.49. The van der Waals surface area contributed by atoms with Crippen LogP contribution in [0, 0.1) is 5.92 Å². The van der Waals surface area contributed by atoms with Crippen LogP contribution in [0.3, 0.4) is 0 Å². The van der Waals surface area contributed by atoms with Gasteiger partial charge < -0.3 is 15.8 Å². The Hall–Kier alpha value is -1.93. The summed E-state index contributed by atoms with van der Waals surface area (Å²) in [5, 5.41) is 9.54. The van der Waals surface area contributed by atoms with Crippen LogP contribution >= 0.6 is 0 Å². The second-order valence-corrected chi connectivity index (χ2v) is 5.07. The van der Waals surface area contributed by atoms with Crippen molar-refractivity contribution in [2.24, 2.45) is 11.7 Å². The van der Waals surface area contributed by atoms with E-state index < -0.39 is 0 Å². The van der Waals surface area contributed by atoms with Gasteiger partial charge in [-0.1, -0.05) is 0 Å². The lowest BCUT2D eigenvalue weighted by molar-refractivity contribution is 0.00524. The molecule has 4 unspecified atom stereocenters. The first kappa shape index (κ1) is 10.9. The number of aromatic amines is 1. The molecule has 2 aliphatic rings. The van der Waals surface area contributed by atoms with Crippen LogP contribution in [0.4, 0.5) is 5.82 Å². The minimum absolute atomic E-state index is 0.0770. The van der Waals surface area contributed by atoms with Gasteiger partial charge in [0.1, 0.15) is 12.1 Å². The third-order valence-electron chi connectivity index (χ3n) is 4.07. The number of nitrogens with two attached hydrogens (primary N) is 1. The number of anilines is 1. The monoisotopic (exact) mass is 262 g/mol. The van der Waals surface area contributed by atoms with Gasteiger partial charge in [-0.15, -0.1) is 0 Å². The van der Waals surface area contributed by atoms with Gasteiger partial charge in [0.2, 0.25) is 0 Å². The van der Waals surface area contributed by atoms with Crippen LogP contribution < -0.4 is 16.7 Å². The summed E-state index contributed by atoms with van der Waals surface area (Å²) < 4.78 is 7.00. The van der Waals surface area contributed by atoms with Gasteiger partial charge in [0.25, 0.3) is 0 Å². The normalized spacial score (nSPS) is 33.1. The molecule has 4 atom stereocenters. The predicted molar refractivity (Wildman–Crippen MR) is 66.8 cm³/mol. The smallest absolute Gasteiger partial charge is 0.348 e. The summed E-state index contributed by atoms with van der Waals surface area (Å²) in [7, 11) is 0. The zero-order valence-corrected chi connectivity index (χ0v) is 10.1. The zero-order valence-electron chi connectivity index (χ0n) is 10.1.